The summed E-state index contributed by atoms with van der Waals surface area (Å²) in [6.45, 7) is 11.3. The van der Waals surface area contributed by atoms with Crippen LogP contribution in [0.25, 0.3) is 5.13 Å². The molecule has 29 heavy (non-hydrogen) atoms. The first-order valence-electron chi connectivity index (χ1n) is 10.7. The second-order valence-electron chi connectivity index (χ2n) is 7.79. The lowest BCUT2D eigenvalue weighted by Gasteiger charge is -2.34. The van der Waals surface area contributed by atoms with Crippen LogP contribution in [0.4, 0.5) is 5.13 Å². The van der Waals surface area contributed by atoms with E-state index in [1.807, 2.05) is 29.1 Å². The van der Waals surface area contributed by atoms with Crippen LogP contribution in [0.15, 0.2) is 24.5 Å². The SMILES string of the molecule is CCN1CCN(CCNC(=O)C2CCN(c3nnc(-n4cccc4)s3)CC2)CC1. The van der Waals surface area contributed by atoms with Gasteiger partial charge in [0.05, 0.1) is 0 Å². The summed E-state index contributed by atoms with van der Waals surface area (Å²) in [7, 11) is 0. The number of amides is 1. The first-order chi connectivity index (χ1) is 14.2. The van der Waals surface area contributed by atoms with Crippen LogP contribution in [0.1, 0.15) is 19.8 Å². The van der Waals surface area contributed by atoms with Gasteiger partial charge in [-0.15, -0.1) is 10.2 Å². The van der Waals surface area contributed by atoms with E-state index in [4.69, 9.17) is 0 Å². The van der Waals surface area contributed by atoms with Gasteiger partial charge in [-0.05, 0) is 31.5 Å². The Kier molecular flexibility index (Phi) is 6.78. The quantitative estimate of drug-likeness (QED) is 0.732. The van der Waals surface area contributed by atoms with Crippen LogP contribution in [-0.2, 0) is 4.79 Å². The summed E-state index contributed by atoms with van der Waals surface area (Å²) >= 11 is 1.60. The zero-order chi connectivity index (χ0) is 20.1. The third-order valence-electron chi connectivity index (χ3n) is 6.00. The molecule has 2 aliphatic heterocycles. The molecule has 8 nitrogen and oxygen atoms in total. The van der Waals surface area contributed by atoms with Gasteiger partial charge in [0, 0.05) is 70.7 Å². The van der Waals surface area contributed by atoms with Crippen molar-refractivity contribution < 1.29 is 4.79 Å². The van der Waals surface area contributed by atoms with Crippen LogP contribution >= 0.6 is 11.3 Å². The molecule has 158 valence electrons. The van der Waals surface area contributed by atoms with Gasteiger partial charge < -0.3 is 15.1 Å². The largest absolute Gasteiger partial charge is 0.355 e. The van der Waals surface area contributed by atoms with Crippen LogP contribution in [-0.4, -0.2) is 89.4 Å². The number of piperazine rings is 1. The Hall–Kier alpha value is -1.97. The summed E-state index contributed by atoms with van der Waals surface area (Å²) in [5.74, 6) is 0.321. The number of hydrogen-bond acceptors (Lipinski definition) is 7. The van der Waals surface area contributed by atoms with Gasteiger partial charge in [-0.25, -0.2) is 0 Å². The third-order valence-corrected chi connectivity index (χ3v) is 7.00. The molecule has 0 saturated carbocycles. The van der Waals surface area contributed by atoms with Gasteiger partial charge in [0.15, 0.2) is 0 Å². The predicted molar refractivity (Wildman–Crippen MR) is 116 cm³/mol. The Morgan fingerprint density at radius 2 is 1.69 bits per heavy atom. The van der Waals surface area contributed by atoms with Crippen molar-refractivity contribution >= 4 is 22.4 Å². The summed E-state index contributed by atoms with van der Waals surface area (Å²) in [4.78, 5) is 19.7. The fourth-order valence-electron chi connectivity index (χ4n) is 4.05. The van der Waals surface area contributed by atoms with Gasteiger partial charge in [0.1, 0.15) is 0 Å². The summed E-state index contributed by atoms with van der Waals surface area (Å²) in [6, 6.07) is 3.96. The normalized spacial score (nSPS) is 19.6. The molecule has 2 fully saturated rings. The van der Waals surface area contributed by atoms with Crippen LogP contribution < -0.4 is 10.2 Å². The molecule has 2 saturated heterocycles. The highest BCUT2D eigenvalue weighted by Gasteiger charge is 2.26. The van der Waals surface area contributed by atoms with Crippen molar-refractivity contribution in [3.63, 3.8) is 0 Å². The molecule has 0 spiro atoms. The van der Waals surface area contributed by atoms with Crippen molar-refractivity contribution in [2.75, 3.05) is 63.8 Å². The molecule has 0 aromatic carbocycles. The molecule has 2 aromatic heterocycles. The predicted octanol–water partition coefficient (Wildman–Crippen LogP) is 1.30. The topological polar surface area (TPSA) is 69.5 Å². The van der Waals surface area contributed by atoms with E-state index in [1.54, 1.807) is 11.3 Å². The maximum Gasteiger partial charge on any atom is 0.223 e. The molecule has 0 radical (unpaired) electrons. The van der Waals surface area contributed by atoms with Gasteiger partial charge in [-0.1, -0.05) is 18.3 Å². The van der Waals surface area contributed by atoms with E-state index >= 15 is 0 Å². The molecule has 4 rings (SSSR count). The van der Waals surface area contributed by atoms with E-state index in [9.17, 15) is 4.79 Å². The van der Waals surface area contributed by atoms with Gasteiger partial charge in [0.25, 0.3) is 0 Å². The summed E-state index contributed by atoms with van der Waals surface area (Å²) < 4.78 is 1.98. The van der Waals surface area contributed by atoms with Gasteiger partial charge in [0.2, 0.25) is 16.2 Å². The fraction of sp³-hybridized carbons (Fsp3) is 0.650. The van der Waals surface area contributed by atoms with Crippen LogP contribution in [0.2, 0.25) is 0 Å². The molecule has 0 aliphatic carbocycles. The van der Waals surface area contributed by atoms with E-state index in [2.05, 4.69) is 37.1 Å². The molecule has 0 unspecified atom stereocenters. The first-order valence-corrected chi connectivity index (χ1v) is 11.5. The third kappa shape index (κ3) is 5.15. The molecule has 2 aromatic rings. The molecule has 1 amide bonds. The number of piperidine rings is 1. The number of nitrogens with zero attached hydrogens (tertiary/aromatic N) is 6. The Labute approximate surface area is 176 Å². The minimum absolute atomic E-state index is 0.111. The molecular weight excluding hydrogens is 386 g/mol. The van der Waals surface area contributed by atoms with Crippen LogP contribution in [0.5, 0.6) is 0 Å². The van der Waals surface area contributed by atoms with Gasteiger partial charge in [-0.3, -0.25) is 14.3 Å². The van der Waals surface area contributed by atoms with Crippen molar-refractivity contribution in [1.29, 1.82) is 0 Å². The maximum atomic E-state index is 12.6. The van der Waals surface area contributed by atoms with Gasteiger partial charge >= 0.3 is 0 Å². The maximum absolute atomic E-state index is 12.6. The highest BCUT2D eigenvalue weighted by molar-refractivity contribution is 7.17. The van der Waals surface area contributed by atoms with Crippen LogP contribution in [0.3, 0.4) is 0 Å². The minimum Gasteiger partial charge on any atom is -0.355 e. The number of rotatable bonds is 7. The van der Waals surface area contributed by atoms with Crippen LogP contribution in [0, 0.1) is 5.92 Å². The van der Waals surface area contributed by atoms with Crippen molar-refractivity contribution in [2.24, 2.45) is 5.92 Å². The van der Waals surface area contributed by atoms with Crippen molar-refractivity contribution in [3.8, 4) is 5.13 Å². The summed E-state index contributed by atoms with van der Waals surface area (Å²) in [5, 5.41) is 13.6. The van der Waals surface area contributed by atoms with E-state index in [-0.39, 0.29) is 11.8 Å². The molecule has 9 heteroatoms. The molecule has 2 aliphatic rings. The number of anilines is 1. The first kappa shape index (κ1) is 20.3. The highest BCUT2D eigenvalue weighted by atomic mass is 32.1. The Morgan fingerprint density at radius 3 is 2.38 bits per heavy atom. The Balaban J connectivity index is 1.17. The lowest BCUT2D eigenvalue weighted by molar-refractivity contribution is -0.125. The molecule has 0 atom stereocenters. The number of nitrogens with one attached hydrogen (secondary N) is 1. The zero-order valence-electron chi connectivity index (χ0n) is 17.2. The number of carbonyl (C=O) groups excluding carboxylic acids is 1. The standard InChI is InChI=1S/C20H31N7OS/c1-2-24-13-15-25(16-14-24)12-7-21-18(28)17-5-10-27(11-6-17)20-23-22-19(29-20)26-8-3-4-9-26/h3-4,8-9,17H,2,5-7,10-16H2,1H3,(H,21,28). The average molecular weight is 418 g/mol. The highest BCUT2D eigenvalue weighted by Crippen LogP contribution is 2.27. The Bertz CT molecular complexity index is 762. The lowest BCUT2D eigenvalue weighted by atomic mass is 9.96. The van der Waals surface area contributed by atoms with Crippen molar-refractivity contribution in [2.45, 2.75) is 19.8 Å². The van der Waals surface area contributed by atoms with E-state index in [0.29, 0.717) is 0 Å². The second kappa shape index (κ2) is 9.69. The minimum atomic E-state index is 0.111. The number of likely N-dealkylation sites (N-methyl/N-ethyl adjacent to an activating group) is 1. The van der Waals surface area contributed by atoms with Crippen molar-refractivity contribution in [1.82, 2.24) is 29.9 Å². The fourth-order valence-corrected chi connectivity index (χ4v) is 4.91. The number of hydrogen-bond donors (Lipinski definition) is 1. The van der Waals surface area contributed by atoms with E-state index in [0.717, 1.165) is 82.0 Å². The summed E-state index contributed by atoms with van der Waals surface area (Å²) in [6.07, 6.45) is 5.70. The van der Waals surface area contributed by atoms with Crippen molar-refractivity contribution in [3.05, 3.63) is 24.5 Å². The van der Waals surface area contributed by atoms with E-state index in [1.165, 1.54) is 0 Å². The molecule has 1 N–H and O–H groups in total. The smallest absolute Gasteiger partial charge is 0.223 e. The molecule has 4 heterocycles. The number of aromatic nitrogens is 3. The Morgan fingerprint density at radius 1 is 1.03 bits per heavy atom. The average Bonchev–Trinajstić information content (AvgIpc) is 3.46. The number of carbonyl (C=O) groups is 1. The lowest BCUT2D eigenvalue weighted by Crippen LogP contribution is -2.48. The monoisotopic (exact) mass is 417 g/mol. The second-order valence-corrected chi connectivity index (χ2v) is 8.72. The summed E-state index contributed by atoms with van der Waals surface area (Å²) in [5.41, 5.74) is 0. The molecule has 0 bridgehead atoms. The van der Waals surface area contributed by atoms with E-state index < -0.39 is 0 Å². The van der Waals surface area contributed by atoms with Gasteiger partial charge in [-0.2, -0.15) is 0 Å². The zero-order valence-corrected chi connectivity index (χ0v) is 18.0. The molecular formula is C20H31N7OS.